The predicted molar refractivity (Wildman–Crippen MR) is 127 cm³/mol. The summed E-state index contributed by atoms with van der Waals surface area (Å²) in [7, 11) is 0. The van der Waals surface area contributed by atoms with E-state index in [1.807, 2.05) is 46.1 Å². The zero-order valence-corrected chi connectivity index (χ0v) is 19.0. The number of benzene rings is 2. The summed E-state index contributed by atoms with van der Waals surface area (Å²) in [6.07, 6.45) is 5.34. The molecule has 2 aromatic carbocycles. The van der Waals surface area contributed by atoms with E-state index in [0.29, 0.717) is 30.2 Å². The van der Waals surface area contributed by atoms with Crippen molar-refractivity contribution in [1.29, 1.82) is 0 Å². The summed E-state index contributed by atoms with van der Waals surface area (Å²) in [6, 6.07) is 15.9. The first-order valence-electron chi connectivity index (χ1n) is 11.5. The van der Waals surface area contributed by atoms with E-state index in [-0.39, 0.29) is 18.5 Å². The summed E-state index contributed by atoms with van der Waals surface area (Å²) in [6.45, 7) is 3.83. The van der Waals surface area contributed by atoms with Gasteiger partial charge in [-0.2, -0.15) is 5.10 Å². The molecule has 6 rings (SSSR count). The van der Waals surface area contributed by atoms with E-state index in [9.17, 15) is 9.18 Å². The summed E-state index contributed by atoms with van der Waals surface area (Å²) >= 11 is 0. The number of piperazine rings is 1. The summed E-state index contributed by atoms with van der Waals surface area (Å²) in [5.74, 6) is 1.81. The van der Waals surface area contributed by atoms with Gasteiger partial charge in [-0.3, -0.25) is 9.69 Å². The van der Waals surface area contributed by atoms with E-state index < -0.39 is 0 Å². The third-order valence-electron chi connectivity index (χ3n) is 6.40. The molecular weight excluding hydrogens is 449 g/mol. The fourth-order valence-corrected chi connectivity index (χ4v) is 4.57. The second-order valence-corrected chi connectivity index (χ2v) is 8.62. The quantitative estimate of drug-likeness (QED) is 0.444. The van der Waals surface area contributed by atoms with Crippen LogP contribution in [-0.4, -0.2) is 63.0 Å². The van der Waals surface area contributed by atoms with Crippen molar-refractivity contribution in [3.63, 3.8) is 0 Å². The maximum Gasteiger partial charge on any atom is 0.259 e. The molecule has 35 heavy (non-hydrogen) atoms. The summed E-state index contributed by atoms with van der Waals surface area (Å²) in [5, 5.41) is 4.48. The molecule has 1 amide bonds. The van der Waals surface area contributed by atoms with E-state index in [4.69, 9.17) is 9.47 Å². The largest absolute Gasteiger partial charge is 0.454 e. The standard InChI is InChI=1S/C26H24FN5O3/c27-20-4-6-21(7-5-20)32-25(30-9-1-2-10-30)22(16-28-32)26(33)31-13-11-29(12-14-31)17-19-3-8-23-24(15-19)35-18-34-23/h1-10,15-16H,11-14,17-18H2. The normalized spacial score (nSPS) is 15.5. The molecule has 1 saturated heterocycles. The molecule has 0 saturated carbocycles. The maximum absolute atomic E-state index is 13.6. The highest BCUT2D eigenvalue weighted by molar-refractivity contribution is 5.97. The van der Waals surface area contributed by atoms with Gasteiger partial charge in [0.05, 0.1) is 11.9 Å². The van der Waals surface area contributed by atoms with E-state index in [2.05, 4.69) is 16.1 Å². The van der Waals surface area contributed by atoms with Crippen LogP contribution in [0.2, 0.25) is 0 Å². The van der Waals surface area contributed by atoms with Crippen molar-refractivity contribution in [2.24, 2.45) is 0 Å². The highest BCUT2D eigenvalue weighted by Gasteiger charge is 2.27. The fraction of sp³-hybridized carbons (Fsp3) is 0.231. The fourth-order valence-electron chi connectivity index (χ4n) is 4.57. The molecule has 2 aromatic heterocycles. The number of halogens is 1. The smallest absolute Gasteiger partial charge is 0.259 e. The van der Waals surface area contributed by atoms with Crippen molar-refractivity contribution in [2.45, 2.75) is 6.54 Å². The van der Waals surface area contributed by atoms with Crippen LogP contribution in [-0.2, 0) is 6.54 Å². The van der Waals surface area contributed by atoms with Gasteiger partial charge in [0.15, 0.2) is 17.3 Å². The number of ether oxygens (including phenoxy) is 2. The Labute approximate surface area is 201 Å². The van der Waals surface area contributed by atoms with Gasteiger partial charge in [-0.15, -0.1) is 0 Å². The Morgan fingerprint density at radius 2 is 1.69 bits per heavy atom. The summed E-state index contributed by atoms with van der Waals surface area (Å²) in [4.78, 5) is 17.8. The Balaban J connectivity index is 1.19. The molecule has 0 radical (unpaired) electrons. The van der Waals surface area contributed by atoms with Crippen molar-refractivity contribution in [3.05, 3.63) is 90.1 Å². The van der Waals surface area contributed by atoms with Gasteiger partial charge in [-0.05, 0) is 54.1 Å². The van der Waals surface area contributed by atoms with Gasteiger partial charge < -0.3 is 18.9 Å². The minimum Gasteiger partial charge on any atom is -0.454 e. The number of amides is 1. The molecule has 178 valence electrons. The van der Waals surface area contributed by atoms with Crippen LogP contribution in [0.5, 0.6) is 11.5 Å². The molecular formula is C26H24FN5O3. The number of nitrogens with zero attached hydrogens (tertiary/aromatic N) is 5. The number of hydrogen-bond donors (Lipinski definition) is 0. The van der Waals surface area contributed by atoms with Crippen molar-refractivity contribution >= 4 is 5.91 Å². The molecule has 0 spiro atoms. The van der Waals surface area contributed by atoms with E-state index in [1.165, 1.54) is 12.1 Å². The minimum absolute atomic E-state index is 0.0650. The highest BCUT2D eigenvalue weighted by Crippen LogP contribution is 2.33. The van der Waals surface area contributed by atoms with Crippen molar-refractivity contribution in [1.82, 2.24) is 24.1 Å². The highest BCUT2D eigenvalue weighted by atomic mass is 19.1. The predicted octanol–water partition coefficient (Wildman–Crippen LogP) is 3.49. The zero-order chi connectivity index (χ0) is 23.8. The average Bonchev–Trinajstić information content (AvgIpc) is 3.64. The average molecular weight is 474 g/mol. The Hall–Kier alpha value is -4.11. The molecule has 0 bridgehead atoms. The minimum atomic E-state index is -0.321. The number of carbonyl (C=O) groups excluding carboxylic acids is 1. The molecule has 4 heterocycles. The third-order valence-corrected chi connectivity index (χ3v) is 6.40. The van der Waals surface area contributed by atoms with Crippen LogP contribution >= 0.6 is 0 Å². The second kappa shape index (κ2) is 8.92. The summed E-state index contributed by atoms with van der Waals surface area (Å²) in [5.41, 5.74) is 2.35. The molecule has 0 aliphatic carbocycles. The second-order valence-electron chi connectivity index (χ2n) is 8.62. The van der Waals surface area contributed by atoms with E-state index in [1.54, 1.807) is 23.0 Å². The molecule has 1 fully saturated rings. The number of aromatic nitrogens is 3. The maximum atomic E-state index is 13.6. The molecule has 0 unspecified atom stereocenters. The monoisotopic (exact) mass is 473 g/mol. The number of carbonyl (C=O) groups is 1. The molecule has 4 aromatic rings. The number of fused-ring (bicyclic) bond motifs is 1. The SMILES string of the molecule is O=C(c1cnn(-c2ccc(F)cc2)c1-n1cccc1)N1CCN(Cc2ccc3c(c2)OCO3)CC1. The van der Waals surface area contributed by atoms with Crippen LogP contribution in [0.15, 0.2) is 73.2 Å². The number of hydrogen-bond acceptors (Lipinski definition) is 5. The van der Waals surface area contributed by atoms with Crippen LogP contribution < -0.4 is 9.47 Å². The van der Waals surface area contributed by atoms with Crippen LogP contribution in [0, 0.1) is 5.82 Å². The first kappa shape index (κ1) is 21.4. The molecule has 2 aliphatic heterocycles. The van der Waals surface area contributed by atoms with Gasteiger partial charge in [0.1, 0.15) is 11.4 Å². The van der Waals surface area contributed by atoms with Crippen LogP contribution in [0.25, 0.3) is 11.5 Å². The lowest BCUT2D eigenvalue weighted by atomic mass is 10.1. The van der Waals surface area contributed by atoms with Crippen molar-refractivity contribution in [3.8, 4) is 23.0 Å². The lowest BCUT2D eigenvalue weighted by Gasteiger charge is -2.34. The van der Waals surface area contributed by atoms with Crippen LogP contribution in [0.3, 0.4) is 0 Å². The Kier molecular flexibility index (Phi) is 5.46. The van der Waals surface area contributed by atoms with Gasteiger partial charge in [0.2, 0.25) is 6.79 Å². The molecule has 0 N–H and O–H groups in total. The van der Waals surface area contributed by atoms with Gasteiger partial charge >= 0.3 is 0 Å². The first-order chi connectivity index (χ1) is 17.2. The van der Waals surface area contributed by atoms with E-state index in [0.717, 1.165) is 36.7 Å². The Bertz CT molecular complexity index is 1340. The van der Waals surface area contributed by atoms with Gasteiger partial charge in [-0.25, -0.2) is 9.07 Å². The van der Waals surface area contributed by atoms with Crippen LogP contribution in [0.4, 0.5) is 4.39 Å². The van der Waals surface area contributed by atoms with Gasteiger partial charge in [0, 0.05) is 45.1 Å². The van der Waals surface area contributed by atoms with Gasteiger partial charge in [0.25, 0.3) is 5.91 Å². The molecule has 8 nitrogen and oxygen atoms in total. The van der Waals surface area contributed by atoms with Crippen LogP contribution in [0.1, 0.15) is 15.9 Å². The molecule has 0 atom stereocenters. The van der Waals surface area contributed by atoms with Gasteiger partial charge in [-0.1, -0.05) is 6.07 Å². The topological polar surface area (TPSA) is 64.8 Å². The first-order valence-corrected chi connectivity index (χ1v) is 11.5. The van der Waals surface area contributed by atoms with E-state index >= 15 is 0 Å². The molecule has 2 aliphatic rings. The van der Waals surface area contributed by atoms with Crippen molar-refractivity contribution in [2.75, 3.05) is 33.0 Å². The molecule has 9 heteroatoms. The number of rotatable bonds is 5. The third kappa shape index (κ3) is 4.15. The lowest BCUT2D eigenvalue weighted by molar-refractivity contribution is 0.0628. The summed E-state index contributed by atoms with van der Waals surface area (Å²) < 4.78 is 27.9. The Morgan fingerprint density at radius 1 is 0.943 bits per heavy atom. The zero-order valence-electron chi connectivity index (χ0n) is 19.0. The van der Waals surface area contributed by atoms with Crippen molar-refractivity contribution < 1.29 is 18.7 Å². The lowest BCUT2D eigenvalue weighted by Crippen LogP contribution is -2.48. The Morgan fingerprint density at radius 3 is 2.46 bits per heavy atom.